The second-order valence-corrected chi connectivity index (χ2v) is 7.77. The summed E-state index contributed by atoms with van der Waals surface area (Å²) >= 11 is 0. The number of hydrogen-bond donors (Lipinski definition) is 1. The maximum atomic E-state index is 12.7. The smallest absolute Gasteiger partial charge is 0.257 e. The third kappa shape index (κ3) is 5.92. The van der Waals surface area contributed by atoms with Gasteiger partial charge in [0.2, 0.25) is 0 Å². The first-order chi connectivity index (χ1) is 14.9. The third-order valence-corrected chi connectivity index (χ3v) is 5.08. The van der Waals surface area contributed by atoms with Crippen LogP contribution in [0.15, 0.2) is 60.7 Å². The van der Waals surface area contributed by atoms with E-state index in [1.54, 1.807) is 6.07 Å². The third-order valence-electron chi connectivity index (χ3n) is 5.08. The summed E-state index contributed by atoms with van der Waals surface area (Å²) in [5, 5.41) is 2.92. The molecular formula is C26H30N2O3. The maximum Gasteiger partial charge on any atom is 0.257 e. The first-order valence-electron chi connectivity index (χ1n) is 10.7. The minimum absolute atomic E-state index is 0.102. The van der Waals surface area contributed by atoms with E-state index < -0.39 is 0 Å². The molecule has 5 heteroatoms. The minimum Gasteiger partial charge on any atom is -0.457 e. The molecule has 1 unspecified atom stereocenters. The zero-order chi connectivity index (χ0) is 22.4. The molecule has 0 saturated carbocycles. The lowest BCUT2D eigenvalue weighted by atomic mass is 10.0. The number of rotatable bonds is 8. The Balaban J connectivity index is 1.63. The van der Waals surface area contributed by atoms with Gasteiger partial charge in [-0.05, 0) is 80.8 Å². The fraction of sp³-hybridized carbons (Fsp3) is 0.308. The number of anilines is 1. The quantitative estimate of drug-likeness (QED) is 0.444. The Kier molecular flexibility index (Phi) is 7.42. The van der Waals surface area contributed by atoms with Gasteiger partial charge in [0.1, 0.15) is 11.5 Å². The molecule has 1 aromatic heterocycles. The Morgan fingerprint density at radius 2 is 1.55 bits per heavy atom. The van der Waals surface area contributed by atoms with E-state index in [4.69, 9.17) is 9.47 Å². The lowest BCUT2D eigenvalue weighted by molar-refractivity contribution is 0.0732. The molecule has 0 aliphatic heterocycles. The van der Waals surface area contributed by atoms with Crippen LogP contribution in [0.25, 0.3) is 0 Å². The predicted molar refractivity (Wildman–Crippen MR) is 124 cm³/mol. The molecule has 162 valence electrons. The van der Waals surface area contributed by atoms with E-state index in [0.29, 0.717) is 35.2 Å². The summed E-state index contributed by atoms with van der Waals surface area (Å²) in [6.07, 6.45) is -0.102. The van der Waals surface area contributed by atoms with Crippen molar-refractivity contribution in [2.75, 3.05) is 11.9 Å². The summed E-state index contributed by atoms with van der Waals surface area (Å²) in [7, 11) is 0. The standard InChI is InChI=1S/C26H30N2O3/c1-6-30-19(5)25-16-15-24(18(4)27-25)26(29)28-21-9-13-23(14-10-21)31-22-11-7-20(8-12-22)17(2)3/h7-17,19H,6H2,1-5H3,(H,28,29). The summed E-state index contributed by atoms with van der Waals surface area (Å²) in [6.45, 7) is 10.7. The Hall–Kier alpha value is -3.18. The second-order valence-electron chi connectivity index (χ2n) is 7.77. The Morgan fingerprint density at radius 1 is 0.935 bits per heavy atom. The van der Waals surface area contributed by atoms with Crippen LogP contribution in [-0.2, 0) is 4.74 Å². The molecule has 0 aliphatic carbocycles. The molecule has 0 aliphatic rings. The van der Waals surface area contributed by atoms with E-state index in [9.17, 15) is 4.79 Å². The normalized spacial score (nSPS) is 11.9. The molecule has 0 saturated heterocycles. The molecule has 0 bridgehead atoms. The summed E-state index contributed by atoms with van der Waals surface area (Å²) in [5.41, 5.74) is 4.00. The van der Waals surface area contributed by atoms with Crippen LogP contribution in [0.3, 0.4) is 0 Å². The van der Waals surface area contributed by atoms with Crippen molar-refractivity contribution in [2.24, 2.45) is 0 Å². The molecule has 0 fully saturated rings. The van der Waals surface area contributed by atoms with Crippen molar-refractivity contribution in [1.82, 2.24) is 4.98 Å². The van der Waals surface area contributed by atoms with E-state index in [1.165, 1.54) is 5.56 Å². The van der Waals surface area contributed by atoms with Crippen LogP contribution in [0, 0.1) is 6.92 Å². The van der Waals surface area contributed by atoms with Crippen LogP contribution in [0.5, 0.6) is 11.5 Å². The van der Waals surface area contributed by atoms with Gasteiger partial charge in [-0.15, -0.1) is 0 Å². The summed E-state index contributed by atoms with van der Waals surface area (Å²) < 4.78 is 11.5. The fourth-order valence-electron chi connectivity index (χ4n) is 3.24. The van der Waals surface area contributed by atoms with Crippen molar-refractivity contribution in [3.63, 3.8) is 0 Å². The Labute approximate surface area is 184 Å². The van der Waals surface area contributed by atoms with Crippen molar-refractivity contribution >= 4 is 11.6 Å². The molecule has 3 aromatic rings. The summed E-state index contributed by atoms with van der Waals surface area (Å²) in [6, 6.07) is 19.0. The first-order valence-corrected chi connectivity index (χ1v) is 10.7. The van der Waals surface area contributed by atoms with Crippen molar-refractivity contribution in [3.05, 3.63) is 83.2 Å². The van der Waals surface area contributed by atoms with Crippen molar-refractivity contribution in [2.45, 2.75) is 46.6 Å². The zero-order valence-electron chi connectivity index (χ0n) is 18.8. The number of ether oxygens (including phenoxy) is 2. The molecule has 5 nitrogen and oxygen atoms in total. The highest BCUT2D eigenvalue weighted by molar-refractivity contribution is 6.05. The number of nitrogens with zero attached hydrogens (tertiary/aromatic N) is 1. The van der Waals surface area contributed by atoms with Gasteiger partial charge in [-0.25, -0.2) is 0 Å². The summed E-state index contributed by atoms with van der Waals surface area (Å²) in [4.78, 5) is 17.2. The van der Waals surface area contributed by atoms with Gasteiger partial charge in [-0.3, -0.25) is 9.78 Å². The van der Waals surface area contributed by atoms with Crippen LogP contribution in [0.2, 0.25) is 0 Å². The van der Waals surface area contributed by atoms with Crippen molar-refractivity contribution < 1.29 is 14.3 Å². The molecule has 1 atom stereocenters. The predicted octanol–water partition coefficient (Wildman–Crippen LogP) is 6.66. The molecule has 1 heterocycles. The molecular weight excluding hydrogens is 388 g/mol. The number of carbonyl (C=O) groups is 1. The molecule has 1 N–H and O–H groups in total. The Morgan fingerprint density at radius 3 is 2.10 bits per heavy atom. The van der Waals surface area contributed by atoms with Gasteiger partial charge < -0.3 is 14.8 Å². The van der Waals surface area contributed by atoms with Crippen LogP contribution in [0.4, 0.5) is 5.69 Å². The average Bonchev–Trinajstić information content (AvgIpc) is 2.75. The lowest BCUT2D eigenvalue weighted by Crippen LogP contribution is -2.15. The van der Waals surface area contributed by atoms with E-state index in [0.717, 1.165) is 11.4 Å². The van der Waals surface area contributed by atoms with E-state index in [-0.39, 0.29) is 12.0 Å². The van der Waals surface area contributed by atoms with Gasteiger partial charge in [0.15, 0.2) is 0 Å². The number of aryl methyl sites for hydroxylation is 1. The van der Waals surface area contributed by atoms with E-state index in [1.807, 2.05) is 63.2 Å². The van der Waals surface area contributed by atoms with Crippen LogP contribution < -0.4 is 10.1 Å². The highest BCUT2D eigenvalue weighted by atomic mass is 16.5. The van der Waals surface area contributed by atoms with Crippen LogP contribution >= 0.6 is 0 Å². The molecule has 1 amide bonds. The van der Waals surface area contributed by atoms with Crippen LogP contribution in [-0.4, -0.2) is 17.5 Å². The number of amides is 1. The van der Waals surface area contributed by atoms with Gasteiger partial charge in [0.05, 0.1) is 23.1 Å². The first kappa shape index (κ1) is 22.5. The van der Waals surface area contributed by atoms with Gasteiger partial charge in [0, 0.05) is 12.3 Å². The Bertz CT molecular complexity index is 1010. The highest BCUT2D eigenvalue weighted by Crippen LogP contribution is 2.25. The minimum atomic E-state index is -0.196. The number of benzene rings is 2. The van der Waals surface area contributed by atoms with Crippen molar-refractivity contribution in [1.29, 1.82) is 0 Å². The second kappa shape index (κ2) is 10.2. The fourth-order valence-corrected chi connectivity index (χ4v) is 3.24. The van der Waals surface area contributed by atoms with Gasteiger partial charge in [-0.2, -0.15) is 0 Å². The molecule has 3 rings (SSSR count). The number of nitrogens with one attached hydrogen (secondary N) is 1. The van der Waals surface area contributed by atoms with Gasteiger partial charge in [-0.1, -0.05) is 26.0 Å². The monoisotopic (exact) mass is 418 g/mol. The van der Waals surface area contributed by atoms with E-state index >= 15 is 0 Å². The average molecular weight is 419 g/mol. The van der Waals surface area contributed by atoms with Gasteiger partial charge in [0.25, 0.3) is 5.91 Å². The molecule has 0 radical (unpaired) electrons. The number of pyridine rings is 1. The largest absolute Gasteiger partial charge is 0.457 e. The van der Waals surface area contributed by atoms with Crippen LogP contribution in [0.1, 0.15) is 67.0 Å². The van der Waals surface area contributed by atoms with E-state index in [2.05, 4.69) is 36.3 Å². The van der Waals surface area contributed by atoms with Gasteiger partial charge >= 0.3 is 0 Å². The highest BCUT2D eigenvalue weighted by Gasteiger charge is 2.14. The molecule has 0 spiro atoms. The summed E-state index contributed by atoms with van der Waals surface area (Å²) in [5.74, 6) is 1.78. The number of carbonyl (C=O) groups excluding carboxylic acids is 1. The van der Waals surface area contributed by atoms with Crippen molar-refractivity contribution in [3.8, 4) is 11.5 Å². The number of hydrogen-bond acceptors (Lipinski definition) is 4. The number of aromatic nitrogens is 1. The molecule has 31 heavy (non-hydrogen) atoms. The maximum absolute atomic E-state index is 12.7. The lowest BCUT2D eigenvalue weighted by Gasteiger charge is -2.14. The topological polar surface area (TPSA) is 60.5 Å². The zero-order valence-corrected chi connectivity index (χ0v) is 18.8. The molecule has 2 aromatic carbocycles. The SMILES string of the molecule is CCOC(C)c1ccc(C(=O)Nc2ccc(Oc3ccc(C(C)C)cc3)cc2)c(C)n1.